The quantitative estimate of drug-likeness (QED) is 0.703. The molecule has 0 aliphatic carbocycles. The van der Waals surface area contributed by atoms with Gasteiger partial charge in [0, 0.05) is 36.6 Å². The maximum absolute atomic E-state index is 13.0. The maximum Gasteiger partial charge on any atom is 0.257 e. The molecule has 0 saturated carbocycles. The van der Waals surface area contributed by atoms with Gasteiger partial charge in [-0.2, -0.15) is 5.10 Å². The molecule has 0 bridgehead atoms. The van der Waals surface area contributed by atoms with Crippen LogP contribution >= 0.6 is 15.9 Å². The van der Waals surface area contributed by atoms with Crippen LogP contribution in [0.4, 0.5) is 0 Å². The van der Waals surface area contributed by atoms with Crippen molar-refractivity contribution in [2.75, 3.05) is 26.2 Å². The van der Waals surface area contributed by atoms with Crippen LogP contribution in [0.5, 0.6) is 0 Å². The van der Waals surface area contributed by atoms with Crippen molar-refractivity contribution in [2.45, 2.75) is 33.6 Å². The smallest absolute Gasteiger partial charge is 0.257 e. The van der Waals surface area contributed by atoms with Gasteiger partial charge in [-0.3, -0.25) is 9.59 Å². The van der Waals surface area contributed by atoms with Crippen LogP contribution in [0.3, 0.4) is 0 Å². The van der Waals surface area contributed by atoms with Gasteiger partial charge in [0.2, 0.25) is 5.91 Å². The van der Waals surface area contributed by atoms with Crippen LogP contribution in [0.1, 0.15) is 42.7 Å². The Labute approximate surface area is 174 Å². The van der Waals surface area contributed by atoms with Crippen LogP contribution < -0.4 is 0 Å². The van der Waals surface area contributed by atoms with E-state index in [2.05, 4.69) is 21.0 Å². The summed E-state index contributed by atoms with van der Waals surface area (Å²) in [5, 5.41) is 4.41. The molecule has 7 heteroatoms. The Kier molecular flexibility index (Phi) is 6.54. The van der Waals surface area contributed by atoms with E-state index < -0.39 is 0 Å². The number of halogens is 1. The fourth-order valence-electron chi connectivity index (χ4n) is 3.76. The van der Waals surface area contributed by atoms with Crippen molar-refractivity contribution in [3.63, 3.8) is 0 Å². The van der Waals surface area contributed by atoms with Crippen molar-refractivity contribution in [3.8, 4) is 5.69 Å². The molecule has 0 unspecified atom stereocenters. The summed E-state index contributed by atoms with van der Waals surface area (Å²) >= 11 is 3.43. The molecule has 0 N–H and O–H groups in total. The number of carbonyl (C=O) groups excluding carboxylic acids is 2. The highest BCUT2D eigenvalue weighted by Crippen LogP contribution is 2.23. The number of likely N-dealkylation sites (tertiary alicyclic amines) is 1. The Hall–Kier alpha value is -2.15. The molecule has 3 rings (SSSR count). The van der Waals surface area contributed by atoms with E-state index in [0.717, 1.165) is 41.8 Å². The van der Waals surface area contributed by atoms with Crippen LogP contribution in [0.25, 0.3) is 5.69 Å². The van der Waals surface area contributed by atoms with Gasteiger partial charge in [-0.15, -0.1) is 0 Å². The van der Waals surface area contributed by atoms with E-state index in [1.54, 1.807) is 10.9 Å². The minimum Gasteiger partial charge on any atom is -0.343 e. The topological polar surface area (TPSA) is 58.4 Å². The lowest BCUT2D eigenvalue weighted by molar-refractivity contribution is -0.136. The second kappa shape index (κ2) is 8.90. The molecule has 0 spiro atoms. The molecule has 2 amide bonds. The molecular formula is C21H27BrN4O2. The average molecular weight is 447 g/mol. The van der Waals surface area contributed by atoms with Gasteiger partial charge >= 0.3 is 0 Å². The standard InChI is InChI=1S/C21H27BrN4O2/c1-4-24(5-2)20(27)16-10-12-25(13-11-16)21(28)19-14-23-26(15(19)3)18-8-6-17(22)7-9-18/h6-9,14,16H,4-5,10-13H2,1-3H3. The Morgan fingerprint density at radius 3 is 2.32 bits per heavy atom. The molecule has 2 heterocycles. The third-order valence-electron chi connectivity index (χ3n) is 5.52. The van der Waals surface area contributed by atoms with Crippen LogP contribution in [0, 0.1) is 12.8 Å². The number of benzene rings is 1. The molecule has 1 aromatic heterocycles. The fourth-order valence-corrected chi connectivity index (χ4v) is 4.02. The van der Waals surface area contributed by atoms with Gasteiger partial charge in [-0.1, -0.05) is 15.9 Å². The Morgan fingerprint density at radius 2 is 1.75 bits per heavy atom. The minimum atomic E-state index is -0.00500. The third kappa shape index (κ3) is 4.14. The lowest BCUT2D eigenvalue weighted by Crippen LogP contribution is -2.44. The van der Waals surface area contributed by atoms with E-state index in [-0.39, 0.29) is 17.7 Å². The lowest BCUT2D eigenvalue weighted by Gasteiger charge is -2.33. The summed E-state index contributed by atoms with van der Waals surface area (Å²) in [6, 6.07) is 7.83. The first kappa shape index (κ1) is 20.6. The molecule has 1 saturated heterocycles. The molecule has 150 valence electrons. The van der Waals surface area contributed by atoms with Crippen LogP contribution in [0.15, 0.2) is 34.9 Å². The number of aromatic nitrogens is 2. The summed E-state index contributed by atoms with van der Waals surface area (Å²) in [7, 11) is 0. The zero-order chi connectivity index (χ0) is 20.3. The normalized spacial score (nSPS) is 14.9. The number of hydrogen-bond acceptors (Lipinski definition) is 3. The largest absolute Gasteiger partial charge is 0.343 e. The first-order chi connectivity index (χ1) is 13.5. The van der Waals surface area contributed by atoms with Crippen molar-refractivity contribution in [1.82, 2.24) is 19.6 Å². The van der Waals surface area contributed by atoms with Crippen molar-refractivity contribution in [2.24, 2.45) is 5.92 Å². The highest BCUT2D eigenvalue weighted by Gasteiger charge is 2.30. The van der Waals surface area contributed by atoms with Gasteiger partial charge in [-0.25, -0.2) is 4.68 Å². The van der Waals surface area contributed by atoms with Gasteiger partial charge in [-0.05, 0) is 57.9 Å². The summed E-state index contributed by atoms with van der Waals surface area (Å²) in [6.45, 7) is 8.63. The SMILES string of the molecule is CCN(CC)C(=O)C1CCN(C(=O)c2cnn(-c3ccc(Br)cc3)c2C)CC1. The number of rotatable bonds is 5. The molecule has 1 aliphatic rings. The monoisotopic (exact) mass is 446 g/mol. The van der Waals surface area contributed by atoms with E-state index in [4.69, 9.17) is 0 Å². The predicted octanol–water partition coefficient (Wildman–Crippen LogP) is 3.66. The number of nitrogens with zero attached hydrogens (tertiary/aromatic N) is 4. The van der Waals surface area contributed by atoms with Crippen molar-refractivity contribution in [1.29, 1.82) is 0 Å². The molecule has 28 heavy (non-hydrogen) atoms. The molecule has 2 aromatic rings. The molecular weight excluding hydrogens is 420 g/mol. The average Bonchev–Trinajstić information content (AvgIpc) is 3.10. The van der Waals surface area contributed by atoms with Crippen molar-refractivity contribution < 1.29 is 9.59 Å². The molecule has 0 atom stereocenters. The molecule has 1 fully saturated rings. The summed E-state index contributed by atoms with van der Waals surface area (Å²) in [5.74, 6) is 0.237. The van der Waals surface area contributed by atoms with Gasteiger partial charge in [0.15, 0.2) is 0 Å². The number of carbonyl (C=O) groups is 2. The Morgan fingerprint density at radius 1 is 1.14 bits per heavy atom. The first-order valence-corrected chi connectivity index (χ1v) is 10.6. The molecule has 1 aliphatic heterocycles. The van der Waals surface area contributed by atoms with E-state index in [1.165, 1.54) is 0 Å². The van der Waals surface area contributed by atoms with Gasteiger partial charge in [0.05, 0.1) is 23.1 Å². The third-order valence-corrected chi connectivity index (χ3v) is 6.05. The lowest BCUT2D eigenvalue weighted by atomic mass is 9.94. The van der Waals surface area contributed by atoms with E-state index >= 15 is 0 Å². The van der Waals surface area contributed by atoms with Crippen LogP contribution in [-0.2, 0) is 4.79 Å². The van der Waals surface area contributed by atoms with Crippen LogP contribution in [0.2, 0.25) is 0 Å². The Bertz CT molecular complexity index is 835. The van der Waals surface area contributed by atoms with Crippen molar-refractivity contribution in [3.05, 3.63) is 46.2 Å². The number of amides is 2. The fraction of sp³-hybridized carbons (Fsp3) is 0.476. The molecule has 1 aromatic carbocycles. The van der Waals surface area contributed by atoms with E-state index in [9.17, 15) is 9.59 Å². The van der Waals surface area contributed by atoms with Gasteiger partial charge < -0.3 is 9.80 Å². The second-order valence-corrected chi connectivity index (χ2v) is 8.02. The second-order valence-electron chi connectivity index (χ2n) is 7.11. The highest BCUT2D eigenvalue weighted by molar-refractivity contribution is 9.10. The highest BCUT2D eigenvalue weighted by atomic mass is 79.9. The summed E-state index contributed by atoms with van der Waals surface area (Å²) in [5.41, 5.74) is 2.37. The number of hydrogen-bond donors (Lipinski definition) is 0. The van der Waals surface area contributed by atoms with Crippen LogP contribution in [-0.4, -0.2) is 57.6 Å². The maximum atomic E-state index is 13.0. The van der Waals surface area contributed by atoms with E-state index in [1.807, 2.05) is 54.8 Å². The molecule has 0 radical (unpaired) electrons. The summed E-state index contributed by atoms with van der Waals surface area (Å²) < 4.78 is 2.79. The summed E-state index contributed by atoms with van der Waals surface area (Å²) in [4.78, 5) is 29.3. The first-order valence-electron chi connectivity index (χ1n) is 9.84. The van der Waals surface area contributed by atoms with Gasteiger partial charge in [0.25, 0.3) is 5.91 Å². The molecule has 6 nitrogen and oxygen atoms in total. The minimum absolute atomic E-state index is 0.00500. The van der Waals surface area contributed by atoms with E-state index in [0.29, 0.717) is 18.7 Å². The zero-order valence-electron chi connectivity index (χ0n) is 16.7. The van der Waals surface area contributed by atoms with Crippen molar-refractivity contribution >= 4 is 27.7 Å². The van der Waals surface area contributed by atoms with Gasteiger partial charge in [0.1, 0.15) is 0 Å². The summed E-state index contributed by atoms with van der Waals surface area (Å²) in [6.07, 6.45) is 3.09. The number of piperidine rings is 1. The Balaban J connectivity index is 1.67. The zero-order valence-corrected chi connectivity index (χ0v) is 18.3. The predicted molar refractivity (Wildman–Crippen MR) is 113 cm³/mol.